The molecule has 22 heavy (non-hydrogen) atoms. The van der Waals surface area contributed by atoms with E-state index in [1.807, 2.05) is 0 Å². The zero-order valence-corrected chi connectivity index (χ0v) is 12.3. The lowest BCUT2D eigenvalue weighted by molar-refractivity contribution is -0.145. The number of hydrogen-bond acceptors (Lipinski definition) is 2. The number of fused-ring (bicyclic) bond motifs is 1. The van der Waals surface area contributed by atoms with Gasteiger partial charge < -0.3 is 5.73 Å². The molecule has 0 saturated carbocycles. The van der Waals surface area contributed by atoms with Crippen LogP contribution in [0.4, 0.5) is 18.9 Å². The van der Waals surface area contributed by atoms with Gasteiger partial charge in [-0.05, 0) is 24.3 Å². The van der Waals surface area contributed by atoms with Crippen molar-refractivity contribution >= 4 is 39.9 Å². The predicted octanol–water partition coefficient (Wildman–Crippen LogP) is 4.93. The minimum absolute atomic E-state index is 0.0514. The van der Waals surface area contributed by atoms with E-state index in [4.69, 9.17) is 28.9 Å². The number of para-hydroxylation sites is 2. The number of nitrogens with two attached hydrogens (primary N) is 1. The number of nitrogen functional groups attached to an aromatic ring is 1. The summed E-state index contributed by atoms with van der Waals surface area (Å²) in [6.45, 7) is 0. The molecule has 0 fully saturated rings. The maximum Gasteiger partial charge on any atom is 0.450 e. The molecule has 0 amide bonds. The molecule has 3 nitrogen and oxygen atoms in total. The largest absolute Gasteiger partial charge is 0.450 e. The van der Waals surface area contributed by atoms with Crippen LogP contribution >= 0.6 is 23.2 Å². The quantitative estimate of drug-likeness (QED) is 0.635. The molecular formula is C14H8Cl2F3N3. The van der Waals surface area contributed by atoms with Crippen molar-refractivity contribution < 1.29 is 13.2 Å². The molecule has 3 rings (SSSR count). The Bertz CT molecular complexity index is 872. The molecule has 2 N–H and O–H groups in total. The Balaban J connectivity index is 2.42. The molecule has 0 aliphatic heterocycles. The summed E-state index contributed by atoms with van der Waals surface area (Å²) < 4.78 is 40.8. The molecule has 0 unspecified atom stereocenters. The number of alkyl halides is 3. The van der Waals surface area contributed by atoms with Gasteiger partial charge in [0.25, 0.3) is 0 Å². The number of imidazole rings is 1. The van der Waals surface area contributed by atoms with Gasteiger partial charge in [-0.2, -0.15) is 13.2 Å². The van der Waals surface area contributed by atoms with E-state index in [0.29, 0.717) is 0 Å². The van der Waals surface area contributed by atoms with E-state index >= 15 is 0 Å². The maximum atomic E-state index is 13.3. The summed E-state index contributed by atoms with van der Waals surface area (Å²) in [5.41, 5.74) is 6.36. The normalized spacial score (nSPS) is 12.0. The van der Waals surface area contributed by atoms with Crippen LogP contribution in [0, 0.1) is 0 Å². The Morgan fingerprint density at radius 2 is 1.73 bits per heavy atom. The van der Waals surface area contributed by atoms with Crippen molar-refractivity contribution in [3.05, 3.63) is 52.3 Å². The van der Waals surface area contributed by atoms with Gasteiger partial charge in [0.2, 0.25) is 5.82 Å². The molecular weight excluding hydrogens is 338 g/mol. The highest BCUT2D eigenvalue weighted by molar-refractivity contribution is 6.36. The van der Waals surface area contributed by atoms with Crippen LogP contribution < -0.4 is 5.73 Å². The topological polar surface area (TPSA) is 43.8 Å². The highest BCUT2D eigenvalue weighted by atomic mass is 35.5. The van der Waals surface area contributed by atoms with E-state index in [9.17, 15) is 13.2 Å². The van der Waals surface area contributed by atoms with E-state index < -0.39 is 12.0 Å². The van der Waals surface area contributed by atoms with Crippen molar-refractivity contribution in [2.75, 3.05) is 5.73 Å². The molecule has 1 heterocycles. The molecule has 0 radical (unpaired) electrons. The number of benzene rings is 2. The fraction of sp³-hybridized carbons (Fsp3) is 0.0714. The van der Waals surface area contributed by atoms with E-state index in [2.05, 4.69) is 4.98 Å². The van der Waals surface area contributed by atoms with Gasteiger partial charge in [-0.15, -0.1) is 0 Å². The van der Waals surface area contributed by atoms with Crippen LogP contribution in [0.15, 0.2) is 36.4 Å². The summed E-state index contributed by atoms with van der Waals surface area (Å²) in [7, 11) is 0. The standard InChI is InChI=1S/C14H8Cl2F3N3/c15-7-6-12(8(16)5-9(7)20)22-11-4-2-1-3-10(11)21-13(22)14(17,18)19/h1-6H,20H2. The number of nitrogens with zero attached hydrogens (tertiary/aromatic N) is 2. The monoisotopic (exact) mass is 345 g/mol. The van der Waals surface area contributed by atoms with E-state index in [0.717, 1.165) is 4.57 Å². The summed E-state index contributed by atoms with van der Waals surface area (Å²) in [6.07, 6.45) is -4.64. The first-order chi connectivity index (χ1) is 10.3. The van der Waals surface area contributed by atoms with Gasteiger partial charge in [0, 0.05) is 0 Å². The van der Waals surface area contributed by atoms with Crippen LogP contribution in [0.2, 0.25) is 10.0 Å². The van der Waals surface area contributed by atoms with E-state index in [-0.39, 0.29) is 32.5 Å². The van der Waals surface area contributed by atoms with Crippen LogP contribution in [-0.4, -0.2) is 9.55 Å². The van der Waals surface area contributed by atoms with Gasteiger partial charge in [-0.1, -0.05) is 35.3 Å². The highest BCUT2D eigenvalue weighted by Gasteiger charge is 2.38. The molecule has 0 bridgehead atoms. The van der Waals surface area contributed by atoms with Crippen molar-refractivity contribution in [2.45, 2.75) is 6.18 Å². The summed E-state index contributed by atoms with van der Waals surface area (Å²) in [5.74, 6) is -1.07. The predicted molar refractivity (Wildman–Crippen MR) is 80.5 cm³/mol. The Morgan fingerprint density at radius 3 is 2.41 bits per heavy atom. The third kappa shape index (κ3) is 2.38. The Labute approximate surface area is 133 Å². The number of anilines is 1. The SMILES string of the molecule is Nc1cc(Cl)c(-n2c(C(F)(F)F)nc3ccccc32)cc1Cl. The second kappa shape index (κ2) is 5.07. The van der Waals surface area contributed by atoms with Crippen molar-refractivity contribution in [3.8, 4) is 5.69 Å². The summed E-state index contributed by atoms with van der Waals surface area (Å²) >= 11 is 12.0. The third-order valence-corrected chi connectivity index (χ3v) is 3.75. The fourth-order valence-corrected chi connectivity index (χ4v) is 2.60. The Kier molecular flexibility index (Phi) is 3.45. The first-order valence-corrected chi connectivity index (χ1v) is 6.84. The van der Waals surface area contributed by atoms with Crippen LogP contribution in [0.3, 0.4) is 0 Å². The zero-order chi connectivity index (χ0) is 16.1. The summed E-state index contributed by atoms with van der Waals surface area (Å²) in [5, 5.41) is 0.167. The van der Waals surface area contributed by atoms with E-state index in [1.54, 1.807) is 12.1 Å². The lowest BCUT2D eigenvalue weighted by atomic mass is 10.2. The Morgan fingerprint density at radius 1 is 1.05 bits per heavy atom. The number of aromatic nitrogens is 2. The zero-order valence-electron chi connectivity index (χ0n) is 10.8. The van der Waals surface area contributed by atoms with Crippen LogP contribution in [-0.2, 0) is 6.18 Å². The first kappa shape index (κ1) is 15.0. The van der Waals surface area contributed by atoms with Crippen LogP contribution in [0.25, 0.3) is 16.7 Å². The Hall–Kier alpha value is -1.92. The molecule has 3 aromatic rings. The van der Waals surface area contributed by atoms with Crippen LogP contribution in [0.1, 0.15) is 5.82 Å². The van der Waals surface area contributed by atoms with Gasteiger partial charge in [-0.3, -0.25) is 4.57 Å². The number of hydrogen-bond donors (Lipinski definition) is 1. The van der Waals surface area contributed by atoms with Crippen molar-refractivity contribution in [1.82, 2.24) is 9.55 Å². The van der Waals surface area contributed by atoms with Gasteiger partial charge in [0.1, 0.15) is 0 Å². The fourth-order valence-electron chi connectivity index (χ4n) is 2.18. The molecule has 0 aliphatic rings. The minimum atomic E-state index is -4.64. The third-order valence-electron chi connectivity index (χ3n) is 3.12. The van der Waals surface area contributed by atoms with Gasteiger partial charge in [0.15, 0.2) is 0 Å². The lowest BCUT2D eigenvalue weighted by Gasteiger charge is -2.14. The molecule has 1 aromatic heterocycles. The smallest absolute Gasteiger partial charge is 0.397 e. The molecule has 0 atom stereocenters. The molecule has 0 spiro atoms. The minimum Gasteiger partial charge on any atom is -0.397 e. The van der Waals surface area contributed by atoms with Crippen molar-refractivity contribution in [1.29, 1.82) is 0 Å². The van der Waals surface area contributed by atoms with Crippen molar-refractivity contribution in [3.63, 3.8) is 0 Å². The lowest BCUT2D eigenvalue weighted by Crippen LogP contribution is -2.14. The number of halogens is 5. The average molecular weight is 346 g/mol. The molecule has 8 heteroatoms. The highest BCUT2D eigenvalue weighted by Crippen LogP contribution is 2.37. The first-order valence-electron chi connectivity index (χ1n) is 6.08. The maximum absolute atomic E-state index is 13.3. The molecule has 0 aliphatic carbocycles. The van der Waals surface area contributed by atoms with Crippen LogP contribution in [0.5, 0.6) is 0 Å². The summed E-state index contributed by atoms with van der Waals surface area (Å²) in [4.78, 5) is 3.66. The molecule has 0 saturated heterocycles. The summed E-state index contributed by atoms with van der Waals surface area (Å²) in [6, 6.07) is 8.85. The van der Waals surface area contributed by atoms with E-state index in [1.165, 1.54) is 24.3 Å². The molecule has 114 valence electrons. The van der Waals surface area contributed by atoms with Gasteiger partial charge in [-0.25, -0.2) is 4.98 Å². The number of rotatable bonds is 1. The van der Waals surface area contributed by atoms with Gasteiger partial charge >= 0.3 is 6.18 Å². The van der Waals surface area contributed by atoms with Gasteiger partial charge in [0.05, 0.1) is 32.5 Å². The molecule has 2 aromatic carbocycles. The van der Waals surface area contributed by atoms with Crippen molar-refractivity contribution in [2.24, 2.45) is 0 Å². The average Bonchev–Trinajstić information content (AvgIpc) is 2.82. The second-order valence-corrected chi connectivity index (χ2v) is 5.40. The second-order valence-electron chi connectivity index (χ2n) is 4.58.